The molecule has 0 N–H and O–H groups in total. The molecule has 128 valence electrons. The molecule has 0 atom stereocenters. The van der Waals surface area contributed by atoms with E-state index in [1.807, 2.05) is 48.6 Å². The van der Waals surface area contributed by atoms with E-state index in [1.165, 1.54) is 17.5 Å². The molecule has 0 aliphatic heterocycles. The van der Waals surface area contributed by atoms with Crippen LogP contribution in [0, 0.1) is 11.8 Å². The molecular formula is C24H26O. The molecule has 2 aromatic carbocycles. The molecule has 0 unspecified atom stereocenters. The summed E-state index contributed by atoms with van der Waals surface area (Å²) >= 11 is 0. The molecule has 2 rings (SSSR count). The highest BCUT2D eigenvalue weighted by Crippen LogP contribution is 2.13. The van der Waals surface area contributed by atoms with Crippen LogP contribution in [-0.4, -0.2) is 6.61 Å². The van der Waals surface area contributed by atoms with Crippen molar-refractivity contribution in [1.82, 2.24) is 0 Å². The monoisotopic (exact) mass is 330 g/mol. The molecule has 25 heavy (non-hydrogen) atoms. The Morgan fingerprint density at radius 3 is 1.84 bits per heavy atom. The molecule has 0 aromatic heterocycles. The largest absolute Gasteiger partial charge is 0.494 e. The summed E-state index contributed by atoms with van der Waals surface area (Å²) in [4.78, 5) is 0. The first-order chi connectivity index (χ1) is 12.3. The zero-order valence-corrected chi connectivity index (χ0v) is 15.2. The molecule has 0 spiro atoms. The van der Waals surface area contributed by atoms with Crippen molar-refractivity contribution in [2.24, 2.45) is 0 Å². The highest BCUT2D eigenvalue weighted by atomic mass is 16.5. The second-order valence-corrected chi connectivity index (χ2v) is 5.86. The Morgan fingerprint density at radius 1 is 0.760 bits per heavy atom. The standard InChI is InChI=1S/C24H26O/c1-3-9-21-12-14-22(15-13-21)10-7-5-6-8-11-23-16-18-24(19-17-23)25-20-4-2/h7-8,10-19H,3-4,9,20H2,1-2H3/b10-7+,11-8+. The molecule has 0 bridgehead atoms. The Labute approximate surface area is 152 Å². The summed E-state index contributed by atoms with van der Waals surface area (Å²) in [7, 11) is 0. The minimum Gasteiger partial charge on any atom is -0.494 e. The van der Waals surface area contributed by atoms with Gasteiger partial charge in [-0.2, -0.15) is 0 Å². The van der Waals surface area contributed by atoms with Gasteiger partial charge in [0.15, 0.2) is 0 Å². The fraction of sp³-hybridized carbons (Fsp3) is 0.250. The molecule has 0 aliphatic rings. The molecule has 0 aliphatic carbocycles. The van der Waals surface area contributed by atoms with Gasteiger partial charge in [0.25, 0.3) is 0 Å². The normalized spacial score (nSPS) is 10.8. The SMILES string of the molecule is CCCOc1ccc(/C=C/C#C/C=C/c2ccc(CCC)cc2)cc1. The van der Waals surface area contributed by atoms with Gasteiger partial charge in [0.1, 0.15) is 5.75 Å². The Kier molecular flexibility index (Phi) is 8.15. The average molecular weight is 330 g/mol. The van der Waals surface area contributed by atoms with Crippen LogP contribution in [0.5, 0.6) is 5.75 Å². The number of hydrogen-bond donors (Lipinski definition) is 0. The minimum atomic E-state index is 0.758. The van der Waals surface area contributed by atoms with Gasteiger partial charge < -0.3 is 4.74 Å². The summed E-state index contributed by atoms with van der Waals surface area (Å²) in [5.41, 5.74) is 3.69. The second-order valence-electron chi connectivity index (χ2n) is 5.86. The molecular weight excluding hydrogens is 304 g/mol. The van der Waals surface area contributed by atoms with Crippen molar-refractivity contribution in [2.75, 3.05) is 6.61 Å². The van der Waals surface area contributed by atoms with Crippen molar-refractivity contribution in [1.29, 1.82) is 0 Å². The number of rotatable bonds is 7. The third-order valence-corrected chi connectivity index (χ3v) is 3.67. The number of hydrogen-bond acceptors (Lipinski definition) is 1. The molecule has 0 heterocycles. The first kappa shape index (κ1) is 18.6. The van der Waals surface area contributed by atoms with Gasteiger partial charge in [-0.05, 0) is 66.0 Å². The molecule has 0 amide bonds. The molecule has 0 saturated carbocycles. The van der Waals surface area contributed by atoms with Crippen LogP contribution in [0.1, 0.15) is 43.4 Å². The van der Waals surface area contributed by atoms with E-state index in [0.29, 0.717) is 0 Å². The van der Waals surface area contributed by atoms with Gasteiger partial charge in [-0.15, -0.1) is 0 Å². The van der Waals surface area contributed by atoms with Gasteiger partial charge in [0.05, 0.1) is 6.61 Å². The molecule has 0 saturated heterocycles. The first-order valence-electron chi connectivity index (χ1n) is 8.97. The number of benzene rings is 2. The van der Waals surface area contributed by atoms with Crippen molar-refractivity contribution >= 4 is 12.2 Å². The van der Waals surface area contributed by atoms with Gasteiger partial charge in [-0.25, -0.2) is 0 Å². The lowest BCUT2D eigenvalue weighted by atomic mass is 10.1. The number of allylic oxidation sites excluding steroid dienone is 2. The first-order valence-corrected chi connectivity index (χ1v) is 8.97. The highest BCUT2D eigenvalue weighted by Gasteiger charge is 1.92. The van der Waals surface area contributed by atoms with E-state index in [-0.39, 0.29) is 0 Å². The lowest BCUT2D eigenvalue weighted by Gasteiger charge is -2.03. The minimum absolute atomic E-state index is 0.758. The van der Waals surface area contributed by atoms with Crippen LogP contribution in [0.15, 0.2) is 60.7 Å². The van der Waals surface area contributed by atoms with Gasteiger partial charge >= 0.3 is 0 Å². The maximum Gasteiger partial charge on any atom is 0.119 e. The Balaban J connectivity index is 1.83. The molecule has 0 radical (unpaired) electrons. The van der Waals surface area contributed by atoms with Gasteiger partial charge in [-0.1, -0.05) is 68.5 Å². The van der Waals surface area contributed by atoms with Crippen LogP contribution >= 0.6 is 0 Å². The smallest absolute Gasteiger partial charge is 0.119 e. The summed E-state index contributed by atoms with van der Waals surface area (Å²) in [5.74, 6) is 6.99. The van der Waals surface area contributed by atoms with Crippen LogP contribution in [0.2, 0.25) is 0 Å². The van der Waals surface area contributed by atoms with Crippen LogP contribution in [0.3, 0.4) is 0 Å². The van der Waals surface area contributed by atoms with E-state index in [1.54, 1.807) is 0 Å². The van der Waals surface area contributed by atoms with Gasteiger partial charge in [0.2, 0.25) is 0 Å². The van der Waals surface area contributed by atoms with Crippen molar-refractivity contribution in [3.8, 4) is 17.6 Å². The van der Waals surface area contributed by atoms with E-state index in [2.05, 4.69) is 50.0 Å². The average Bonchev–Trinajstić information content (AvgIpc) is 2.65. The van der Waals surface area contributed by atoms with Gasteiger partial charge in [-0.3, -0.25) is 0 Å². The predicted molar refractivity (Wildman–Crippen MR) is 109 cm³/mol. The fourth-order valence-electron chi connectivity index (χ4n) is 2.35. The Bertz CT molecular complexity index is 737. The third-order valence-electron chi connectivity index (χ3n) is 3.67. The van der Waals surface area contributed by atoms with Crippen molar-refractivity contribution in [2.45, 2.75) is 33.1 Å². The van der Waals surface area contributed by atoms with Crippen LogP contribution in [0.4, 0.5) is 0 Å². The van der Waals surface area contributed by atoms with Crippen molar-refractivity contribution in [3.05, 3.63) is 77.4 Å². The summed E-state index contributed by atoms with van der Waals surface area (Å²) in [5, 5.41) is 0. The molecule has 2 aromatic rings. The molecule has 1 nitrogen and oxygen atoms in total. The third kappa shape index (κ3) is 7.14. The number of ether oxygens (including phenoxy) is 1. The zero-order chi connectivity index (χ0) is 17.7. The van der Waals surface area contributed by atoms with Crippen LogP contribution in [0.25, 0.3) is 12.2 Å². The lowest BCUT2D eigenvalue weighted by Crippen LogP contribution is -1.94. The predicted octanol–water partition coefficient (Wildman–Crippen LogP) is 6.16. The lowest BCUT2D eigenvalue weighted by molar-refractivity contribution is 0.317. The summed E-state index contributed by atoms with van der Waals surface area (Å²) in [6, 6.07) is 16.7. The van der Waals surface area contributed by atoms with E-state index >= 15 is 0 Å². The Morgan fingerprint density at radius 2 is 1.32 bits per heavy atom. The quantitative estimate of drug-likeness (QED) is 0.553. The Hall–Kier alpha value is -2.72. The van der Waals surface area contributed by atoms with E-state index in [0.717, 1.165) is 30.8 Å². The van der Waals surface area contributed by atoms with Crippen LogP contribution in [-0.2, 0) is 6.42 Å². The number of aryl methyl sites for hydroxylation is 1. The van der Waals surface area contributed by atoms with Crippen LogP contribution < -0.4 is 4.74 Å². The summed E-state index contributed by atoms with van der Waals surface area (Å²) in [6.07, 6.45) is 11.1. The van der Waals surface area contributed by atoms with E-state index < -0.39 is 0 Å². The zero-order valence-electron chi connectivity index (χ0n) is 15.2. The molecule has 1 heteroatoms. The summed E-state index contributed by atoms with van der Waals surface area (Å²) < 4.78 is 5.57. The maximum absolute atomic E-state index is 5.57. The van der Waals surface area contributed by atoms with E-state index in [4.69, 9.17) is 4.74 Å². The maximum atomic E-state index is 5.57. The van der Waals surface area contributed by atoms with Crippen molar-refractivity contribution < 1.29 is 4.74 Å². The van der Waals surface area contributed by atoms with Gasteiger partial charge in [0, 0.05) is 0 Å². The molecule has 0 fully saturated rings. The summed E-state index contributed by atoms with van der Waals surface area (Å²) in [6.45, 7) is 5.06. The fourth-order valence-corrected chi connectivity index (χ4v) is 2.35. The highest BCUT2D eigenvalue weighted by molar-refractivity contribution is 5.56. The topological polar surface area (TPSA) is 9.23 Å². The van der Waals surface area contributed by atoms with E-state index in [9.17, 15) is 0 Å². The van der Waals surface area contributed by atoms with Crippen molar-refractivity contribution in [3.63, 3.8) is 0 Å². The second kappa shape index (κ2) is 10.9.